The van der Waals surface area contributed by atoms with Crippen LogP contribution in [0.15, 0.2) is 70.8 Å². The number of rotatable bonds is 22. The first-order chi connectivity index (χ1) is 38.7. The number of carbonyl (C=O) groups is 8. The van der Waals surface area contributed by atoms with Crippen molar-refractivity contribution in [3.8, 4) is 5.75 Å². The molecule has 0 radical (unpaired) electrons. The second kappa shape index (κ2) is 30.3. The molecule has 2 aromatic carbocycles. The van der Waals surface area contributed by atoms with Crippen LogP contribution in [-0.2, 0) is 49.3 Å². The third-order valence-corrected chi connectivity index (χ3v) is 16.1. The first-order valence-corrected chi connectivity index (χ1v) is 29.1. The van der Waals surface area contributed by atoms with Gasteiger partial charge in [0.2, 0.25) is 29.5 Å². The highest BCUT2D eigenvalue weighted by Gasteiger charge is 2.64. The normalized spacial score (nSPS) is 24.3. The van der Waals surface area contributed by atoms with Crippen LogP contribution < -0.4 is 52.6 Å². The third kappa shape index (κ3) is 18.4. The zero-order chi connectivity index (χ0) is 60.6. The molecule has 26 heteroatoms. The maximum absolute atomic E-state index is 14.4. The van der Waals surface area contributed by atoms with Crippen LogP contribution in [-0.4, -0.2) is 140 Å². The van der Waals surface area contributed by atoms with Crippen molar-refractivity contribution in [2.45, 2.75) is 140 Å². The van der Waals surface area contributed by atoms with Crippen molar-refractivity contribution in [1.82, 2.24) is 26.6 Å². The molecule has 23 nitrogen and oxygen atoms in total. The van der Waals surface area contributed by atoms with E-state index in [1.807, 2.05) is 13.0 Å². The second-order valence-electron chi connectivity index (χ2n) is 21.1. The Morgan fingerprint density at radius 1 is 1.01 bits per heavy atom. The molecule has 3 aliphatic rings. The van der Waals surface area contributed by atoms with Gasteiger partial charge in [-0.2, -0.15) is 0 Å². The quantitative estimate of drug-likeness (QED) is 0.0254. The summed E-state index contributed by atoms with van der Waals surface area (Å²) in [6.45, 7) is 13.0. The van der Waals surface area contributed by atoms with Crippen molar-refractivity contribution in [3.63, 3.8) is 0 Å². The summed E-state index contributed by atoms with van der Waals surface area (Å²) in [7, 11) is 4.40. The average molecular weight is 1290 g/mol. The van der Waals surface area contributed by atoms with E-state index in [0.29, 0.717) is 54.6 Å². The Labute approximate surface area is 499 Å². The molecule has 0 aliphatic carbocycles. The zero-order valence-electron chi connectivity index (χ0n) is 47.3. The van der Waals surface area contributed by atoms with Crippen LogP contribution in [0.1, 0.15) is 91.5 Å². The monoisotopic (exact) mass is 1290 g/mol. The first-order valence-electron chi connectivity index (χ1n) is 26.9. The van der Waals surface area contributed by atoms with Crippen LogP contribution in [0, 0.1) is 11.8 Å². The molecule has 3 heterocycles. The van der Waals surface area contributed by atoms with E-state index in [1.165, 1.54) is 44.4 Å². The number of halogens is 3. The number of urea groups is 1. The van der Waals surface area contributed by atoms with Crippen LogP contribution in [0.5, 0.6) is 5.75 Å². The summed E-state index contributed by atoms with van der Waals surface area (Å²) in [5.74, 6) is -3.03. The number of nitrogens with two attached hydrogens (primary N) is 1. The number of primary amides is 1. The van der Waals surface area contributed by atoms with Gasteiger partial charge in [0, 0.05) is 67.1 Å². The lowest BCUT2D eigenvalue weighted by molar-refractivity contribution is -0.142. The van der Waals surface area contributed by atoms with Crippen molar-refractivity contribution in [1.29, 1.82) is 0 Å². The lowest BCUT2D eigenvalue weighted by Crippen LogP contribution is -2.63. The highest BCUT2D eigenvalue weighted by Crippen LogP contribution is 2.49. The van der Waals surface area contributed by atoms with Gasteiger partial charge in [0.05, 0.1) is 31.0 Å². The molecular weight excluding hydrogens is 1220 g/mol. The van der Waals surface area contributed by atoms with E-state index in [2.05, 4.69) is 75.7 Å². The highest BCUT2D eigenvalue weighted by atomic mass is 79.9. The van der Waals surface area contributed by atoms with Crippen LogP contribution in [0.3, 0.4) is 0 Å². The van der Waals surface area contributed by atoms with Crippen molar-refractivity contribution in [2.75, 3.05) is 55.2 Å². The fourth-order valence-electron chi connectivity index (χ4n) is 9.60. The zero-order valence-corrected chi connectivity index (χ0v) is 51.3. The number of hydrogen-bond acceptors (Lipinski definition) is 14. The summed E-state index contributed by atoms with van der Waals surface area (Å²) in [5, 5.41) is 31.2. The number of nitrogens with one attached hydrogen (secondary N) is 7. The van der Waals surface area contributed by atoms with Gasteiger partial charge in [-0.15, -0.1) is 0 Å². The average Bonchev–Trinajstić information content (AvgIpc) is 3.49. The van der Waals surface area contributed by atoms with E-state index in [1.54, 1.807) is 52.0 Å². The number of alkyl carbamates (subject to hydrolysis) is 1. The SMILES string of the molecule is C=C(CBr)C(=O)NCCCCCC(=O)N[C@H](C(=O)N[C@@H](CCCNC(N)=O)C(=O)Nc1ccc(NC(=O)O[C@H]2CC(=O)N(C)c3cc(cc(OC)c3Cl)C/C(C)=C/C=C/[C@@H](OC)[C@@]3(O)C[C@H](OC(=O)N3)[C@@H](C)[C@@H]3O[C@@]23C)c(Br)c1)C(C)C. The number of ether oxygens (including phenoxy) is 5. The summed E-state index contributed by atoms with van der Waals surface area (Å²) < 4.78 is 29.7. The minimum absolute atomic E-state index is 0.0620. The molecule has 5 rings (SSSR count). The van der Waals surface area contributed by atoms with Crippen molar-refractivity contribution in [3.05, 3.63) is 81.3 Å². The fraction of sp³-hybridized carbons (Fsp3) is 0.536. The summed E-state index contributed by atoms with van der Waals surface area (Å²) in [4.78, 5) is 107. The van der Waals surface area contributed by atoms with Crippen molar-refractivity contribution in [2.24, 2.45) is 17.6 Å². The van der Waals surface area contributed by atoms with Gasteiger partial charge in [-0.05, 0) is 104 Å². The molecule has 450 valence electrons. The third-order valence-electron chi connectivity index (χ3n) is 14.4. The standard InChI is InChI=1S/C56H76Br2ClN9O14/c1-30(2)47(66-44(69)18-11-10-12-21-61-49(71)32(4)29-57)51(73)64-38(16-14-22-62-52(60)74)50(72)63-35-19-20-37(36(58)26-35)65-53(75)81-43-27-45(70)68(7)39-24-34(25-40(78-8)46(39)59)23-31(3)15-13-17-42(79-9)56(77)28-41(80-54(76)67-56)33(5)48-55(43,6)82-48/h13,15,17,19-20,24-26,30,33,38,41-43,47-48,77H,4,10-12,14,16,18,21-23,27-29H2,1-3,5-9H3,(H,61,71)(H,63,72)(H,64,73)(H,65,75)(H,66,69)(H,67,76)(H3,60,62,74)/b17-13+,31-15+/t33-,38+,41+,42-,43+,47+,48+,55+,56+/m1/s1. The van der Waals surface area contributed by atoms with Gasteiger partial charge in [-0.3, -0.25) is 34.6 Å². The van der Waals surface area contributed by atoms with Gasteiger partial charge in [0.15, 0.2) is 5.72 Å². The van der Waals surface area contributed by atoms with Crippen LogP contribution >= 0.6 is 43.5 Å². The number of nitrogens with zero attached hydrogens (tertiary/aromatic N) is 1. The largest absolute Gasteiger partial charge is 0.495 e. The molecule has 0 spiro atoms. The smallest absolute Gasteiger partial charge is 0.412 e. The molecule has 2 aromatic rings. The Kier molecular flexibility index (Phi) is 24.6. The molecule has 3 aliphatic heterocycles. The Bertz CT molecular complexity index is 2770. The molecule has 9 amide bonds. The molecule has 0 aromatic heterocycles. The van der Waals surface area contributed by atoms with Crippen molar-refractivity contribution < 1.29 is 67.1 Å². The Balaban J connectivity index is 1.32. The number of aliphatic hydroxyl groups is 1. The molecule has 2 saturated heterocycles. The van der Waals surface area contributed by atoms with Gasteiger partial charge in [-0.25, -0.2) is 14.4 Å². The number of epoxide rings is 1. The number of methoxy groups -OCH3 is 2. The number of allylic oxidation sites excluding steroid dienone is 3. The predicted molar refractivity (Wildman–Crippen MR) is 315 cm³/mol. The van der Waals surface area contributed by atoms with Gasteiger partial charge in [0.1, 0.15) is 46.8 Å². The number of hydrogen-bond donors (Lipinski definition) is 9. The summed E-state index contributed by atoms with van der Waals surface area (Å²) in [6, 6.07) is 5.08. The fourth-order valence-corrected chi connectivity index (χ4v) is 10.6. The van der Waals surface area contributed by atoms with E-state index in [0.717, 1.165) is 11.1 Å². The van der Waals surface area contributed by atoms with Gasteiger partial charge in [-0.1, -0.05) is 85.1 Å². The van der Waals surface area contributed by atoms with E-state index in [-0.39, 0.29) is 70.8 Å². The Hall–Kier alpha value is -6.25. The first kappa shape index (κ1) is 66.5. The lowest BCUT2D eigenvalue weighted by atomic mass is 9.83. The number of fused-ring (bicyclic) bond motifs is 5. The maximum atomic E-state index is 14.4. The molecule has 2 fully saturated rings. The predicted octanol–water partition coefficient (Wildman–Crippen LogP) is 6.78. The van der Waals surface area contributed by atoms with Gasteiger partial charge in [0.25, 0.3) is 0 Å². The molecule has 4 bridgehead atoms. The minimum atomic E-state index is -1.90. The van der Waals surface area contributed by atoms with Crippen LogP contribution in [0.2, 0.25) is 5.02 Å². The Morgan fingerprint density at radius 3 is 2.39 bits per heavy atom. The minimum Gasteiger partial charge on any atom is -0.495 e. The molecular formula is C56H76Br2ClN9O14. The summed E-state index contributed by atoms with van der Waals surface area (Å²) >= 11 is 13.5. The molecule has 0 saturated carbocycles. The van der Waals surface area contributed by atoms with Crippen molar-refractivity contribution >= 4 is 108 Å². The molecule has 9 atom stereocenters. The van der Waals surface area contributed by atoms with Gasteiger partial charge < -0.3 is 66.0 Å². The number of amides is 9. The highest BCUT2D eigenvalue weighted by molar-refractivity contribution is 9.10. The Morgan fingerprint density at radius 2 is 1.73 bits per heavy atom. The summed E-state index contributed by atoms with van der Waals surface area (Å²) in [5.41, 5.74) is 4.83. The van der Waals surface area contributed by atoms with E-state index in [4.69, 9.17) is 41.0 Å². The number of unbranched alkanes of at least 4 members (excludes halogenated alkanes) is 2. The number of carbonyl (C=O) groups excluding carboxylic acids is 8. The topological polar surface area (TPSA) is 320 Å². The molecule has 10 N–H and O–H groups in total. The molecule has 82 heavy (non-hydrogen) atoms. The van der Waals surface area contributed by atoms with Crippen LogP contribution in [0.4, 0.5) is 31.4 Å². The van der Waals surface area contributed by atoms with Crippen LogP contribution in [0.25, 0.3) is 0 Å². The van der Waals surface area contributed by atoms with Gasteiger partial charge >= 0.3 is 18.2 Å². The maximum Gasteiger partial charge on any atom is 0.412 e. The lowest BCUT2D eigenvalue weighted by Gasteiger charge is -2.42. The second-order valence-corrected chi connectivity index (χ2v) is 22.9. The summed E-state index contributed by atoms with van der Waals surface area (Å²) in [6.07, 6.45) is 1.42. The number of anilines is 3. The van der Waals surface area contributed by atoms with E-state index >= 15 is 0 Å². The van der Waals surface area contributed by atoms with E-state index in [9.17, 15) is 43.5 Å². The molecule has 0 unspecified atom stereocenters. The number of alkyl halides is 1. The van der Waals surface area contributed by atoms with E-state index < -0.39 is 96.1 Å². The number of benzene rings is 2.